The molecule has 0 bridgehead atoms. The summed E-state index contributed by atoms with van der Waals surface area (Å²) in [7, 11) is 0. The first-order chi connectivity index (χ1) is 18.2. The van der Waals surface area contributed by atoms with Crippen LogP contribution in [0.4, 0.5) is 0 Å². The van der Waals surface area contributed by atoms with E-state index >= 15 is 0 Å². The van der Waals surface area contributed by atoms with Crippen molar-refractivity contribution in [3.8, 4) is 0 Å². The van der Waals surface area contributed by atoms with Crippen molar-refractivity contribution < 1.29 is 19.2 Å². The normalized spacial score (nSPS) is 12.9. The smallest absolute Gasteiger partial charge is 0.243 e. The molecule has 11 N–H and O–H groups in total. The van der Waals surface area contributed by atoms with E-state index in [-0.39, 0.29) is 25.3 Å². The summed E-state index contributed by atoms with van der Waals surface area (Å²) in [6, 6.07) is 15.6. The molecule has 4 amide bonds. The average molecular weight is 525 g/mol. The number of guanidine groups is 1. The van der Waals surface area contributed by atoms with Gasteiger partial charge in [-0.05, 0) is 30.4 Å². The first kappa shape index (κ1) is 29.8. The van der Waals surface area contributed by atoms with E-state index in [9.17, 15) is 19.2 Å². The molecule has 0 aliphatic rings. The van der Waals surface area contributed by atoms with Crippen LogP contribution in [0, 0.1) is 0 Å². The van der Waals surface area contributed by atoms with Crippen molar-refractivity contribution in [2.24, 2.45) is 27.9 Å². The maximum Gasteiger partial charge on any atom is 0.243 e. The van der Waals surface area contributed by atoms with Crippen LogP contribution in [0.5, 0.6) is 0 Å². The first-order valence-electron chi connectivity index (χ1n) is 12.2. The second-order valence-corrected chi connectivity index (χ2v) is 8.74. The number of benzene rings is 2. The molecule has 3 atom stereocenters. The number of nitrogens with zero attached hydrogens (tertiary/aromatic N) is 1. The van der Waals surface area contributed by atoms with Crippen molar-refractivity contribution in [3.63, 3.8) is 0 Å². The van der Waals surface area contributed by atoms with E-state index in [1.165, 1.54) is 0 Å². The molecular formula is C26H36N8O4. The highest BCUT2D eigenvalue weighted by Crippen LogP contribution is 2.06. The third-order valence-electron chi connectivity index (χ3n) is 5.60. The Morgan fingerprint density at radius 1 is 0.763 bits per heavy atom. The largest absolute Gasteiger partial charge is 0.370 e. The van der Waals surface area contributed by atoms with E-state index in [0.717, 1.165) is 11.1 Å². The van der Waals surface area contributed by atoms with Crippen LogP contribution in [0.1, 0.15) is 24.0 Å². The van der Waals surface area contributed by atoms with Gasteiger partial charge in [0.05, 0.1) is 12.6 Å². The summed E-state index contributed by atoms with van der Waals surface area (Å²) in [5, 5.41) is 7.69. The number of carbonyl (C=O) groups excluding carboxylic acids is 4. The van der Waals surface area contributed by atoms with E-state index in [2.05, 4.69) is 20.9 Å². The van der Waals surface area contributed by atoms with Crippen molar-refractivity contribution in [1.82, 2.24) is 16.0 Å². The Morgan fingerprint density at radius 3 is 1.89 bits per heavy atom. The fraction of sp³-hybridized carbons (Fsp3) is 0.346. The van der Waals surface area contributed by atoms with Gasteiger partial charge in [-0.25, -0.2) is 0 Å². The number of hydrogen-bond donors (Lipinski definition) is 7. The zero-order chi connectivity index (χ0) is 27.9. The molecule has 2 rings (SSSR count). The maximum atomic E-state index is 13.0. The lowest BCUT2D eigenvalue weighted by Gasteiger charge is -2.21. The summed E-state index contributed by atoms with van der Waals surface area (Å²) in [6.45, 7) is -0.153. The molecule has 0 spiro atoms. The number of nitrogens with two attached hydrogens (primary N) is 4. The van der Waals surface area contributed by atoms with Crippen LogP contribution in [-0.2, 0) is 32.0 Å². The molecule has 0 aliphatic carbocycles. The van der Waals surface area contributed by atoms with Gasteiger partial charge in [-0.1, -0.05) is 60.7 Å². The zero-order valence-electron chi connectivity index (χ0n) is 21.1. The molecule has 0 radical (unpaired) electrons. The third kappa shape index (κ3) is 11.1. The second-order valence-electron chi connectivity index (χ2n) is 8.74. The highest BCUT2D eigenvalue weighted by atomic mass is 16.2. The summed E-state index contributed by atoms with van der Waals surface area (Å²) in [4.78, 5) is 53.7. The lowest BCUT2D eigenvalue weighted by atomic mass is 10.0. The SMILES string of the molecule is NC(=O)[C@H](CCCN=C(N)N)NC(=O)CNC(=O)[C@H](Cc1ccccc1)NC(=O)[C@@H](N)Cc1ccccc1. The van der Waals surface area contributed by atoms with Crippen LogP contribution in [0.3, 0.4) is 0 Å². The van der Waals surface area contributed by atoms with Gasteiger partial charge >= 0.3 is 0 Å². The minimum Gasteiger partial charge on any atom is -0.370 e. The van der Waals surface area contributed by atoms with E-state index in [1.54, 1.807) is 0 Å². The Labute approximate surface area is 221 Å². The lowest BCUT2D eigenvalue weighted by molar-refractivity contribution is -0.131. The van der Waals surface area contributed by atoms with Gasteiger partial charge < -0.3 is 38.9 Å². The molecule has 0 unspecified atom stereocenters. The van der Waals surface area contributed by atoms with Crippen LogP contribution in [0.25, 0.3) is 0 Å². The fourth-order valence-electron chi connectivity index (χ4n) is 3.62. The van der Waals surface area contributed by atoms with Crippen molar-refractivity contribution in [3.05, 3.63) is 71.8 Å². The Hall–Kier alpha value is -4.45. The third-order valence-corrected chi connectivity index (χ3v) is 5.60. The molecule has 0 fully saturated rings. The summed E-state index contributed by atoms with van der Waals surface area (Å²) < 4.78 is 0. The number of hydrogen-bond acceptors (Lipinski definition) is 6. The van der Waals surface area contributed by atoms with Crippen LogP contribution < -0.4 is 38.9 Å². The topological polar surface area (TPSA) is 221 Å². The molecule has 2 aromatic rings. The maximum absolute atomic E-state index is 13.0. The average Bonchev–Trinajstić information content (AvgIpc) is 2.89. The number of carbonyl (C=O) groups is 4. The Balaban J connectivity index is 1.97. The van der Waals surface area contributed by atoms with E-state index in [0.29, 0.717) is 12.8 Å². The van der Waals surface area contributed by atoms with E-state index < -0.39 is 48.3 Å². The van der Waals surface area contributed by atoms with Gasteiger partial charge in [-0.3, -0.25) is 24.2 Å². The standard InChI is InChI=1S/C26H36N8O4/c27-19(14-17-8-3-1-4-9-17)24(37)34-21(15-18-10-5-2-6-11-18)25(38)32-16-22(35)33-20(23(28)36)12-7-13-31-26(29)30/h1-6,8-11,19-21H,7,12-16,27H2,(H2,28,36)(H,32,38)(H,33,35)(H,34,37)(H4,29,30,31)/t19-,20-,21-/m0/s1. The zero-order valence-corrected chi connectivity index (χ0v) is 21.1. The predicted molar refractivity (Wildman–Crippen MR) is 144 cm³/mol. The van der Waals surface area contributed by atoms with Crippen molar-refractivity contribution >= 4 is 29.6 Å². The molecule has 12 nitrogen and oxygen atoms in total. The van der Waals surface area contributed by atoms with Crippen molar-refractivity contribution in [2.75, 3.05) is 13.1 Å². The molecule has 0 saturated carbocycles. The Morgan fingerprint density at radius 2 is 1.34 bits per heavy atom. The van der Waals surface area contributed by atoms with Crippen LogP contribution in [-0.4, -0.2) is 60.8 Å². The molecule has 0 heterocycles. The highest BCUT2D eigenvalue weighted by molar-refractivity contribution is 5.93. The number of aliphatic imine (C=N–C) groups is 1. The Kier molecular flexibility index (Phi) is 12.2. The summed E-state index contributed by atoms with van der Waals surface area (Å²) in [6.07, 6.45) is 1.11. The number of rotatable bonds is 15. The number of primary amides is 1. The van der Waals surface area contributed by atoms with Crippen LogP contribution in [0.15, 0.2) is 65.7 Å². The summed E-state index contributed by atoms with van der Waals surface area (Å²) in [5.41, 5.74) is 23.7. The summed E-state index contributed by atoms with van der Waals surface area (Å²) in [5.74, 6) is -2.49. The second kappa shape index (κ2) is 15.6. The monoisotopic (exact) mass is 524 g/mol. The van der Waals surface area contributed by atoms with Crippen molar-refractivity contribution in [1.29, 1.82) is 0 Å². The summed E-state index contributed by atoms with van der Waals surface area (Å²) >= 11 is 0. The molecule has 2 aromatic carbocycles. The van der Waals surface area contributed by atoms with Gasteiger partial charge in [0, 0.05) is 13.0 Å². The quantitative estimate of drug-likeness (QED) is 0.0822. The molecular weight excluding hydrogens is 488 g/mol. The van der Waals surface area contributed by atoms with Gasteiger partial charge in [0.25, 0.3) is 0 Å². The van der Waals surface area contributed by atoms with Gasteiger partial charge in [0.15, 0.2) is 5.96 Å². The van der Waals surface area contributed by atoms with Crippen LogP contribution in [0.2, 0.25) is 0 Å². The molecule has 0 aliphatic heterocycles. The molecule has 12 heteroatoms. The predicted octanol–water partition coefficient (Wildman–Crippen LogP) is -1.58. The number of amides is 4. The molecule has 38 heavy (non-hydrogen) atoms. The van der Waals surface area contributed by atoms with Gasteiger partial charge in [0.2, 0.25) is 23.6 Å². The minimum absolute atomic E-state index is 0.0782. The van der Waals surface area contributed by atoms with Gasteiger partial charge in [-0.2, -0.15) is 0 Å². The lowest BCUT2D eigenvalue weighted by Crippen LogP contribution is -2.54. The fourth-order valence-corrected chi connectivity index (χ4v) is 3.62. The van der Waals surface area contributed by atoms with Gasteiger partial charge in [0.1, 0.15) is 12.1 Å². The first-order valence-corrected chi connectivity index (χ1v) is 12.2. The molecule has 0 aromatic heterocycles. The van der Waals surface area contributed by atoms with E-state index in [1.807, 2.05) is 60.7 Å². The minimum atomic E-state index is -0.981. The molecule has 204 valence electrons. The van der Waals surface area contributed by atoms with Gasteiger partial charge in [-0.15, -0.1) is 0 Å². The van der Waals surface area contributed by atoms with Crippen LogP contribution >= 0.6 is 0 Å². The highest BCUT2D eigenvalue weighted by Gasteiger charge is 2.25. The molecule has 0 saturated heterocycles. The Bertz CT molecular complexity index is 1090. The van der Waals surface area contributed by atoms with E-state index in [4.69, 9.17) is 22.9 Å². The van der Waals surface area contributed by atoms with Crippen molar-refractivity contribution in [2.45, 2.75) is 43.8 Å². The number of nitrogens with one attached hydrogen (secondary N) is 3.